The summed E-state index contributed by atoms with van der Waals surface area (Å²) < 4.78 is 0. The second-order valence-electron chi connectivity index (χ2n) is 11.4. The van der Waals surface area contributed by atoms with Crippen molar-refractivity contribution in [3.63, 3.8) is 0 Å². The van der Waals surface area contributed by atoms with E-state index < -0.39 is 0 Å². The predicted molar refractivity (Wildman–Crippen MR) is 160 cm³/mol. The molecule has 0 radical (unpaired) electrons. The van der Waals surface area contributed by atoms with Crippen molar-refractivity contribution in [3.8, 4) is 0 Å². The van der Waals surface area contributed by atoms with Crippen molar-refractivity contribution in [1.82, 2.24) is 15.2 Å². The van der Waals surface area contributed by atoms with Crippen LogP contribution < -0.4 is 10.6 Å². The number of carbonyl (C=O) groups is 2. The first kappa shape index (κ1) is 26.3. The van der Waals surface area contributed by atoms with Crippen LogP contribution >= 0.6 is 0 Å². The molecule has 1 fully saturated rings. The smallest absolute Gasteiger partial charge is 0.228 e. The van der Waals surface area contributed by atoms with Gasteiger partial charge in [-0.3, -0.25) is 9.59 Å². The Morgan fingerprint density at radius 2 is 1.62 bits per heavy atom. The molecule has 0 saturated carbocycles. The van der Waals surface area contributed by atoms with Crippen LogP contribution in [0.15, 0.2) is 79.0 Å². The molecular formula is C34H38N4O2. The summed E-state index contributed by atoms with van der Waals surface area (Å²) in [5, 5.41) is 7.55. The Bertz CT molecular complexity index is 1480. The molecular weight excluding hydrogens is 496 g/mol. The van der Waals surface area contributed by atoms with Gasteiger partial charge in [0.2, 0.25) is 11.8 Å². The van der Waals surface area contributed by atoms with Crippen LogP contribution in [0, 0.1) is 11.8 Å². The third kappa shape index (κ3) is 6.13. The maximum Gasteiger partial charge on any atom is 0.228 e. The van der Waals surface area contributed by atoms with E-state index in [4.69, 9.17) is 0 Å². The Morgan fingerprint density at radius 1 is 0.850 bits per heavy atom. The topological polar surface area (TPSA) is 77.2 Å². The Balaban J connectivity index is 1.10. The molecule has 1 saturated heterocycles. The van der Waals surface area contributed by atoms with Crippen molar-refractivity contribution in [2.24, 2.45) is 11.8 Å². The van der Waals surface area contributed by atoms with Gasteiger partial charge in [-0.2, -0.15) is 0 Å². The lowest BCUT2D eigenvalue weighted by Crippen LogP contribution is -2.49. The summed E-state index contributed by atoms with van der Waals surface area (Å²) in [6, 6.07) is 25.0. The van der Waals surface area contributed by atoms with Crippen LogP contribution in [0.25, 0.3) is 10.9 Å². The van der Waals surface area contributed by atoms with E-state index in [0.717, 1.165) is 43.4 Å². The fraction of sp³-hybridized carbons (Fsp3) is 0.353. The number of fused-ring (bicyclic) bond motifs is 2. The van der Waals surface area contributed by atoms with Gasteiger partial charge in [0.15, 0.2) is 0 Å². The fourth-order valence-corrected chi connectivity index (χ4v) is 6.38. The molecule has 2 atom stereocenters. The average Bonchev–Trinajstić information content (AvgIpc) is 3.63. The minimum absolute atomic E-state index is 0.0129. The van der Waals surface area contributed by atoms with Crippen molar-refractivity contribution < 1.29 is 9.59 Å². The monoisotopic (exact) mass is 534 g/mol. The first-order chi connectivity index (χ1) is 19.6. The number of nitrogens with one attached hydrogen (secondary N) is 3. The first-order valence-corrected chi connectivity index (χ1v) is 14.6. The molecule has 3 N–H and O–H groups in total. The van der Waals surface area contributed by atoms with Crippen LogP contribution in [0.2, 0.25) is 0 Å². The summed E-state index contributed by atoms with van der Waals surface area (Å²) in [6.45, 7) is 2.75. The number of aromatic amines is 1. The number of carbonyl (C=O) groups excluding carboxylic acids is 2. The van der Waals surface area contributed by atoms with Gasteiger partial charge in [0.1, 0.15) is 0 Å². The third-order valence-corrected chi connectivity index (χ3v) is 8.56. The van der Waals surface area contributed by atoms with Gasteiger partial charge in [0.05, 0.1) is 11.8 Å². The second kappa shape index (κ2) is 12.1. The summed E-state index contributed by atoms with van der Waals surface area (Å²) in [5.41, 5.74) is 7.20. The van der Waals surface area contributed by atoms with Crippen molar-refractivity contribution in [2.45, 2.75) is 38.5 Å². The largest absolute Gasteiger partial charge is 0.361 e. The van der Waals surface area contributed by atoms with Gasteiger partial charge in [0.25, 0.3) is 0 Å². The van der Waals surface area contributed by atoms with Crippen molar-refractivity contribution in [1.29, 1.82) is 0 Å². The van der Waals surface area contributed by atoms with Crippen molar-refractivity contribution in [2.75, 3.05) is 31.5 Å². The summed E-state index contributed by atoms with van der Waals surface area (Å²) in [4.78, 5) is 32.5. The number of piperidine rings is 1. The first-order valence-electron chi connectivity index (χ1n) is 14.6. The van der Waals surface area contributed by atoms with Crippen LogP contribution in [0.1, 0.15) is 35.1 Å². The Hall–Kier alpha value is -3.90. The molecule has 1 aromatic heterocycles. The van der Waals surface area contributed by atoms with Gasteiger partial charge in [-0.05, 0) is 79.0 Å². The number of rotatable bonds is 9. The summed E-state index contributed by atoms with van der Waals surface area (Å²) in [6.07, 6.45) is 7.65. The average molecular weight is 535 g/mol. The summed E-state index contributed by atoms with van der Waals surface area (Å²) in [7, 11) is 0. The van der Waals surface area contributed by atoms with E-state index in [-0.39, 0.29) is 23.7 Å². The molecule has 2 aliphatic rings. The fourth-order valence-electron chi connectivity index (χ4n) is 6.38. The van der Waals surface area contributed by atoms with Crippen molar-refractivity contribution >= 4 is 28.4 Å². The number of nitrogens with zero attached hydrogens (tertiary/aromatic N) is 1. The van der Waals surface area contributed by atoms with E-state index in [0.29, 0.717) is 26.1 Å². The van der Waals surface area contributed by atoms with Gasteiger partial charge >= 0.3 is 0 Å². The molecule has 2 amide bonds. The number of para-hydroxylation sites is 1. The number of anilines is 1. The van der Waals surface area contributed by atoms with E-state index in [9.17, 15) is 9.59 Å². The number of hydrogen-bond acceptors (Lipinski definition) is 3. The number of aryl methyl sites for hydroxylation is 2. The summed E-state index contributed by atoms with van der Waals surface area (Å²) >= 11 is 0. The molecule has 1 aliphatic heterocycles. The molecule has 6 nitrogen and oxygen atoms in total. The number of amides is 2. The lowest BCUT2D eigenvalue weighted by molar-refractivity contribution is -0.129. The molecule has 6 heteroatoms. The second-order valence-corrected chi connectivity index (χ2v) is 11.4. The number of hydrogen-bond donors (Lipinski definition) is 3. The minimum atomic E-state index is -0.234. The van der Waals surface area contributed by atoms with E-state index in [1.165, 1.54) is 34.1 Å². The molecule has 40 heavy (non-hydrogen) atoms. The predicted octanol–water partition coefficient (Wildman–Crippen LogP) is 5.13. The SMILES string of the molecule is O=C(NCCc1c[nH]c2ccccc12)[C@H]1C[C@@H](C(=O)Nc2ccc3c(c2)CCC3)CN(CCc2ccccc2)C1. The zero-order valence-electron chi connectivity index (χ0n) is 23.0. The van der Waals surface area contributed by atoms with Crippen LogP contribution in [-0.2, 0) is 35.3 Å². The summed E-state index contributed by atoms with van der Waals surface area (Å²) in [5.74, 6) is -0.399. The van der Waals surface area contributed by atoms with Gasteiger partial charge in [-0.25, -0.2) is 0 Å². The zero-order chi connectivity index (χ0) is 27.3. The van der Waals surface area contributed by atoms with Crippen LogP contribution in [-0.4, -0.2) is 47.9 Å². The quantitative estimate of drug-likeness (QED) is 0.279. The molecule has 206 valence electrons. The van der Waals surface area contributed by atoms with Gasteiger partial charge in [-0.15, -0.1) is 0 Å². The molecule has 6 rings (SSSR count). The number of H-pyrrole nitrogens is 1. The van der Waals surface area contributed by atoms with E-state index in [1.807, 2.05) is 30.5 Å². The lowest BCUT2D eigenvalue weighted by atomic mass is 9.87. The van der Waals surface area contributed by atoms with Gasteiger partial charge in [-0.1, -0.05) is 54.6 Å². The highest BCUT2D eigenvalue weighted by atomic mass is 16.2. The van der Waals surface area contributed by atoms with E-state index in [1.54, 1.807) is 0 Å². The highest BCUT2D eigenvalue weighted by molar-refractivity contribution is 5.93. The minimum Gasteiger partial charge on any atom is -0.361 e. The van der Waals surface area contributed by atoms with Crippen LogP contribution in [0.5, 0.6) is 0 Å². The van der Waals surface area contributed by atoms with Crippen LogP contribution in [0.3, 0.4) is 0 Å². The molecule has 0 unspecified atom stereocenters. The highest BCUT2D eigenvalue weighted by Crippen LogP contribution is 2.27. The zero-order valence-corrected chi connectivity index (χ0v) is 23.0. The van der Waals surface area contributed by atoms with E-state index in [2.05, 4.69) is 69.0 Å². The maximum atomic E-state index is 13.5. The molecule has 0 spiro atoms. The van der Waals surface area contributed by atoms with Gasteiger partial charge < -0.3 is 20.5 Å². The molecule has 2 heterocycles. The number of benzene rings is 3. The molecule has 0 bridgehead atoms. The van der Waals surface area contributed by atoms with E-state index >= 15 is 0 Å². The normalized spacial score (nSPS) is 18.9. The number of aromatic nitrogens is 1. The van der Waals surface area contributed by atoms with Crippen molar-refractivity contribution in [3.05, 3.63) is 101 Å². The third-order valence-electron chi connectivity index (χ3n) is 8.56. The molecule has 4 aromatic rings. The Labute approximate surface area is 236 Å². The molecule has 1 aliphatic carbocycles. The number of likely N-dealkylation sites (tertiary alicyclic amines) is 1. The maximum absolute atomic E-state index is 13.5. The highest BCUT2D eigenvalue weighted by Gasteiger charge is 2.35. The Morgan fingerprint density at radius 3 is 2.50 bits per heavy atom. The molecule has 3 aromatic carbocycles. The standard InChI is InChI=1S/C34H38N4O2/c39-33(35-17-15-27-21-36-32-12-5-4-11-31(27)32)28-19-29(23-38(22-28)18-16-24-7-2-1-3-8-24)34(40)37-30-14-13-25-9-6-10-26(25)20-30/h1-5,7-8,11-14,20-21,28-29,36H,6,9-10,15-19,22-23H2,(H,35,39)(H,37,40)/t28-,29+/m0/s1. The lowest BCUT2D eigenvalue weighted by Gasteiger charge is -2.36. The van der Waals surface area contributed by atoms with Crippen LogP contribution in [0.4, 0.5) is 5.69 Å². The van der Waals surface area contributed by atoms with Gasteiger partial charge in [0, 0.05) is 49.0 Å². The Kier molecular flexibility index (Phi) is 7.96.